The van der Waals surface area contributed by atoms with Gasteiger partial charge in [0.05, 0.1) is 18.8 Å². The number of carboxylic acids is 1. The third-order valence-corrected chi connectivity index (χ3v) is 4.56. The Morgan fingerprint density at radius 3 is 2.14 bits per heavy atom. The first-order chi connectivity index (χ1) is 13.8. The van der Waals surface area contributed by atoms with Crippen molar-refractivity contribution in [3.8, 4) is 0 Å². The molecule has 0 amide bonds. The lowest BCUT2D eigenvalue weighted by molar-refractivity contribution is -0.144. The van der Waals surface area contributed by atoms with Gasteiger partial charge in [-0.3, -0.25) is 0 Å². The average molecular weight is 422 g/mol. The van der Waals surface area contributed by atoms with Gasteiger partial charge in [-0.1, -0.05) is 30.7 Å². The molecule has 1 aliphatic rings. The SMILES string of the molecule is CCCN1C(C(=O)O)=CC(c2ccc(Cl)cc2)C(C(=O)OCC)=C1C(=O)OCC. The van der Waals surface area contributed by atoms with Crippen LogP contribution in [0.25, 0.3) is 0 Å². The Kier molecular flexibility index (Phi) is 7.84. The Balaban J connectivity index is 2.78. The predicted molar refractivity (Wildman–Crippen MR) is 107 cm³/mol. The topological polar surface area (TPSA) is 93.1 Å². The van der Waals surface area contributed by atoms with Crippen molar-refractivity contribution < 1.29 is 29.0 Å². The summed E-state index contributed by atoms with van der Waals surface area (Å²) in [6.07, 6.45) is 2.01. The maximum absolute atomic E-state index is 12.9. The van der Waals surface area contributed by atoms with Crippen LogP contribution in [0, 0.1) is 0 Å². The van der Waals surface area contributed by atoms with E-state index < -0.39 is 23.8 Å². The van der Waals surface area contributed by atoms with Crippen LogP contribution in [-0.4, -0.2) is 47.7 Å². The third-order valence-electron chi connectivity index (χ3n) is 4.31. The monoisotopic (exact) mass is 421 g/mol. The van der Waals surface area contributed by atoms with Gasteiger partial charge < -0.3 is 19.5 Å². The summed E-state index contributed by atoms with van der Waals surface area (Å²) in [4.78, 5) is 39.0. The summed E-state index contributed by atoms with van der Waals surface area (Å²) < 4.78 is 10.4. The minimum absolute atomic E-state index is 0.0473. The lowest BCUT2D eigenvalue weighted by Crippen LogP contribution is -2.39. The number of halogens is 1. The second kappa shape index (κ2) is 10.1. The molecule has 0 spiro atoms. The van der Waals surface area contributed by atoms with E-state index in [1.54, 1.807) is 38.1 Å². The highest BCUT2D eigenvalue weighted by atomic mass is 35.5. The van der Waals surface area contributed by atoms with Gasteiger partial charge in [-0.2, -0.15) is 0 Å². The molecule has 0 bridgehead atoms. The van der Waals surface area contributed by atoms with Crippen molar-refractivity contribution in [2.75, 3.05) is 19.8 Å². The molecule has 0 aliphatic carbocycles. The third kappa shape index (κ3) is 4.98. The molecule has 1 N–H and O–H groups in total. The first kappa shape index (κ1) is 22.5. The van der Waals surface area contributed by atoms with Gasteiger partial charge in [-0.05, 0) is 44.0 Å². The van der Waals surface area contributed by atoms with Gasteiger partial charge >= 0.3 is 17.9 Å². The average Bonchev–Trinajstić information content (AvgIpc) is 2.68. The van der Waals surface area contributed by atoms with Crippen LogP contribution in [0.15, 0.2) is 47.3 Å². The molecule has 0 radical (unpaired) electrons. The lowest BCUT2D eigenvalue weighted by atomic mass is 9.85. The van der Waals surface area contributed by atoms with Crippen molar-refractivity contribution in [2.24, 2.45) is 0 Å². The molecule has 156 valence electrons. The van der Waals surface area contributed by atoms with Crippen LogP contribution in [0.3, 0.4) is 0 Å². The Bertz CT molecular complexity index is 843. The number of nitrogens with zero attached hydrogens (tertiary/aromatic N) is 1. The summed E-state index contributed by atoms with van der Waals surface area (Å²) in [6.45, 7) is 5.55. The van der Waals surface area contributed by atoms with E-state index in [2.05, 4.69) is 0 Å². The van der Waals surface area contributed by atoms with Crippen molar-refractivity contribution in [2.45, 2.75) is 33.1 Å². The summed E-state index contributed by atoms with van der Waals surface area (Å²) in [5.74, 6) is -3.47. The van der Waals surface area contributed by atoms with E-state index >= 15 is 0 Å². The lowest BCUT2D eigenvalue weighted by Gasteiger charge is -2.34. The number of hydrogen-bond acceptors (Lipinski definition) is 6. The van der Waals surface area contributed by atoms with Crippen LogP contribution < -0.4 is 0 Å². The Morgan fingerprint density at radius 1 is 1.03 bits per heavy atom. The quantitative estimate of drug-likeness (QED) is 0.642. The summed E-state index contributed by atoms with van der Waals surface area (Å²) >= 11 is 5.97. The Labute approximate surface area is 174 Å². The van der Waals surface area contributed by atoms with Gasteiger partial charge in [0.1, 0.15) is 11.4 Å². The van der Waals surface area contributed by atoms with E-state index in [0.717, 1.165) is 0 Å². The summed E-state index contributed by atoms with van der Waals surface area (Å²) in [6, 6.07) is 6.63. The fourth-order valence-corrected chi connectivity index (χ4v) is 3.30. The van der Waals surface area contributed by atoms with Crippen molar-refractivity contribution in [1.29, 1.82) is 0 Å². The van der Waals surface area contributed by atoms with E-state index in [0.29, 0.717) is 17.0 Å². The molecule has 1 unspecified atom stereocenters. The van der Waals surface area contributed by atoms with Crippen LogP contribution >= 0.6 is 11.6 Å². The number of esters is 2. The molecular weight excluding hydrogens is 398 g/mol. The maximum Gasteiger partial charge on any atom is 0.355 e. The van der Waals surface area contributed by atoms with Gasteiger partial charge in [0, 0.05) is 17.5 Å². The smallest absolute Gasteiger partial charge is 0.355 e. The van der Waals surface area contributed by atoms with Crippen LogP contribution in [0.4, 0.5) is 0 Å². The number of rotatable bonds is 8. The van der Waals surface area contributed by atoms with Gasteiger partial charge in [0.2, 0.25) is 0 Å². The molecule has 1 aromatic rings. The number of allylic oxidation sites excluding steroid dienone is 1. The molecule has 2 rings (SSSR count). The number of carbonyl (C=O) groups excluding carboxylic acids is 2. The molecule has 8 heteroatoms. The summed E-state index contributed by atoms with van der Waals surface area (Å²) in [5.41, 5.74) is 0.454. The molecule has 0 saturated carbocycles. The van der Waals surface area contributed by atoms with Crippen molar-refractivity contribution in [1.82, 2.24) is 4.90 Å². The first-order valence-corrected chi connectivity index (χ1v) is 9.79. The molecule has 1 aliphatic heterocycles. The number of benzene rings is 1. The Hall–Kier alpha value is -2.80. The van der Waals surface area contributed by atoms with Crippen LogP contribution in [0.2, 0.25) is 5.02 Å². The van der Waals surface area contributed by atoms with Crippen LogP contribution in [0.1, 0.15) is 38.7 Å². The second-order valence-corrected chi connectivity index (χ2v) is 6.68. The van der Waals surface area contributed by atoms with E-state index in [-0.39, 0.29) is 36.7 Å². The molecule has 29 heavy (non-hydrogen) atoms. The normalized spacial score (nSPS) is 16.3. The van der Waals surface area contributed by atoms with E-state index in [1.165, 1.54) is 11.0 Å². The van der Waals surface area contributed by atoms with Gasteiger partial charge in [-0.25, -0.2) is 14.4 Å². The minimum Gasteiger partial charge on any atom is -0.477 e. The standard InChI is InChI=1S/C21H24ClNO6/c1-4-11-23-16(19(24)25)12-15(13-7-9-14(22)10-8-13)17(20(26)28-5-2)18(23)21(27)29-6-3/h7-10,12,15H,4-6,11H2,1-3H3,(H,24,25). The minimum atomic E-state index is -1.21. The van der Waals surface area contributed by atoms with Gasteiger partial charge in [0.25, 0.3) is 0 Å². The van der Waals surface area contributed by atoms with Crippen LogP contribution in [-0.2, 0) is 23.9 Å². The van der Waals surface area contributed by atoms with Gasteiger partial charge in [-0.15, -0.1) is 0 Å². The molecule has 7 nitrogen and oxygen atoms in total. The van der Waals surface area contributed by atoms with Crippen molar-refractivity contribution in [3.05, 3.63) is 57.9 Å². The zero-order valence-electron chi connectivity index (χ0n) is 16.6. The molecule has 1 aromatic carbocycles. The first-order valence-electron chi connectivity index (χ1n) is 9.42. The number of carbonyl (C=O) groups is 3. The molecule has 1 heterocycles. The number of ether oxygens (including phenoxy) is 2. The number of carboxylic acid groups (broad SMARTS) is 1. The van der Waals surface area contributed by atoms with E-state index in [1.807, 2.05) is 6.92 Å². The Morgan fingerprint density at radius 2 is 1.62 bits per heavy atom. The van der Waals surface area contributed by atoms with Gasteiger partial charge in [0.15, 0.2) is 0 Å². The van der Waals surface area contributed by atoms with Crippen molar-refractivity contribution >= 4 is 29.5 Å². The zero-order valence-corrected chi connectivity index (χ0v) is 17.4. The number of hydrogen-bond donors (Lipinski definition) is 1. The molecular formula is C21H24ClNO6. The fraction of sp³-hybridized carbons (Fsp3) is 0.381. The highest BCUT2D eigenvalue weighted by Gasteiger charge is 2.40. The fourth-order valence-electron chi connectivity index (χ4n) is 3.17. The maximum atomic E-state index is 12.9. The van der Waals surface area contributed by atoms with Crippen molar-refractivity contribution in [3.63, 3.8) is 0 Å². The summed E-state index contributed by atoms with van der Waals surface area (Å²) in [7, 11) is 0. The second-order valence-electron chi connectivity index (χ2n) is 6.24. The summed E-state index contributed by atoms with van der Waals surface area (Å²) in [5, 5.41) is 10.3. The zero-order chi connectivity index (χ0) is 21.6. The highest BCUT2D eigenvalue weighted by molar-refractivity contribution is 6.30. The number of aliphatic carboxylic acids is 1. The van der Waals surface area contributed by atoms with E-state index in [4.69, 9.17) is 21.1 Å². The molecule has 0 aromatic heterocycles. The molecule has 0 saturated heterocycles. The van der Waals surface area contributed by atoms with E-state index in [9.17, 15) is 19.5 Å². The van der Waals surface area contributed by atoms with Crippen LogP contribution in [0.5, 0.6) is 0 Å². The highest BCUT2D eigenvalue weighted by Crippen LogP contribution is 2.38. The molecule has 0 fully saturated rings. The predicted octanol–water partition coefficient (Wildman–Crippen LogP) is 3.50. The largest absolute Gasteiger partial charge is 0.477 e. The molecule has 1 atom stereocenters.